The van der Waals surface area contributed by atoms with Crippen molar-refractivity contribution in [2.45, 2.75) is 43.9 Å². The molecule has 2 aromatic carbocycles. The minimum atomic E-state index is -3.45. The van der Waals surface area contributed by atoms with Gasteiger partial charge in [-0.25, -0.2) is 8.42 Å². The number of sulfonamides is 1. The van der Waals surface area contributed by atoms with Crippen LogP contribution in [0.2, 0.25) is 0 Å². The van der Waals surface area contributed by atoms with E-state index in [2.05, 4.69) is 0 Å². The molecule has 2 aromatic rings. The minimum absolute atomic E-state index is 0.0553. The summed E-state index contributed by atoms with van der Waals surface area (Å²) in [6.45, 7) is 3.81. The highest BCUT2D eigenvalue weighted by Crippen LogP contribution is 2.32. The van der Waals surface area contributed by atoms with Crippen LogP contribution >= 0.6 is 0 Å². The molecular formula is C22H26N2O3S. The van der Waals surface area contributed by atoms with Gasteiger partial charge >= 0.3 is 0 Å². The third-order valence-electron chi connectivity index (χ3n) is 5.80. The van der Waals surface area contributed by atoms with Crippen LogP contribution in [-0.2, 0) is 27.7 Å². The van der Waals surface area contributed by atoms with Gasteiger partial charge in [0.1, 0.15) is 0 Å². The van der Waals surface area contributed by atoms with Crippen LogP contribution in [0, 0.1) is 6.92 Å². The third-order valence-corrected chi connectivity index (χ3v) is 7.70. The quantitative estimate of drug-likeness (QED) is 0.794. The van der Waals surface area contributed by atoms with Crippen LogP contribution in [0.25, 0.3) is 0 Å². The molecule has 2 heterocycles. The molecule has 6 heteroatoms. The van der Waals surface area contributed by atoms with Gasteiger partial charge in [0, 0.05) is 25.3 Å². The molecule has 0 N–H and O–H groups in total. The Kier molecular flexibility index (Phi) is 5.25. The zero-order valence-corrected chi connectivity index (χ0v) is 17.0. The Morgan fingerprint density at radius 3 is 2.50 bits per heavy atom. The van der Waals surface area contributed by atoms with Crippen molar-refractivity contribution in [1.29, 1.82) is 0 Å². The number of carbonyl (C=O) groups is 1. The molecule has 0 radical (unpaired) electrons. The lowest BCUT2D eigenvalue weighted by atomic mass is 10.1. The second-order valence-electron chi connectivity index (χ2n) is 7.65. The maximum Gasteiger partial charge on any atom is 0.243 e. The summed E-state index contributed by atoms with van der Waals surface area (Å²) in [5.41, 5.74) is 3.93. The number of carbonyl (C=O) groups excluding carboxylic acids is 1. The Hall–Kier alpha value is -2.18. The molecule has 0 aliphatic carbocycles. The minimum Gasteiger partial charge on any atom is -0.312 e. The molecule has 28 heavy (non-hydrogen) atoms. The Bertz CT molecular complexity index is 995. The van der Waals surface area contributed by atoms with Gasteiger partial charge in [-0.1, -0.05) is 30.7 Å². The standard InChI is InChI=1S/C22H26N2O3S/c1-17-7-3-4-8-18(17)16-22(25)24-14-11-19-15-20(9-10-21(19)24)28(26,27)23-12-5-2-6-13-23/h3-4,7-10,15H,2,5-6,11-14,16H2,1H3. The fourth-order valence-corrected chi connectivity index (χ4v) is 5.69. The first kappa shape index (κ1) is 19.2. The number of nitrogens with zero attached hydrogens (tertiary/aromatic N) is 2. The largest absolute Gasteiger partial charge is 0.312 e. The highest BCUT2D eigenvalue weighted by Gasteiger charge is 2.30. The van der Waals surface area contributed by atoms with Crippen molar-refractivity contribution < 1.29 is 13.2 Å². The summed E-state index contributed by atoms with van der Waals surface area (Å²) in [5.74, 6) is 0.0553. The summed E-state index contributed by atoms with van der Waals surface area (Å²) < 4.78 is 27.4. The van der Waals surface area contributed by atoms with E-state index in [0.717, 1.165) is 41.6 Å². The van der Waals surface area contributed by atoms with Crippen molar-refractivity contribution >= 4 is 21.6 Å². The maximum atomic E-state index is 12.9. The summed E-state index contributed by atoms with van der Waals surface area (Å²) in [7, 11) is -3.45. The van der Waals surface area contributed by atoms with Crippen LogP contribution in [-0.4, -0.2) is 38.3 Å². The summed E-state index contributed by atoms with van der Waals surface area (Å²) in [5, 5.41) is 0. The van der Waals surface area contributed by atoms with Crippen molar-refractivity contribution in [3.8, 4) is 0 Å². The van der Waals surface area contributed by atoms with Gasteiger partial charge in [-0.05, 0) is 61.1 Å². The first-order valence-electron chi connectivity index (χ1n) is 9.95. The summed E-state index contributed by atoms with van der Waals surface area (Å²) in [4.78, 5) is 15.0. The van der Waals surface area contributed by atoms with E-state index >= 15 is 0 Å². The first-order chi connectivity index (χ1) is 13.5. The second kappa shape index (κ2) is 7.68. The number of rotatable bonds is 4. The number of amides is 1. The average Bonchev–Trinajstić information content (AvgIpc) is 3.14. The lowest BCUT2D eigenvalue weighted by molar-refractivity contribution is -0.117. The summed E-state index contributed by atoms with van der Waals surface area (Å²) >= 11 is 0. The monoisotopic (exact) mass is 398 g/mol. The van der Waals surface area contributed by atoms with Crippen LogP contribution in [0.5, 0.6) is 0 Å². The fraction of sp³-hybridized carbons (Fsp3) is 0.409. The van der Waals surface area contributed by atoms with Crippen LogP contribution in [0.1, 0.15) is 36.0 Å². The first-order valence-corrected chi connectivity index (χ1v) is 11.4. The predicted octanol–water partition coefficient (Wildman–Crippen LogP) is 3.30. The van der Waals surface area contributed by atoms with E-state index in [0.29, 0.717) is 37.4 Å². The molecule has 1 fully saturated rings. The maximum absolute atomic E-state index is 12.9. The van der Waals surface area contributed by atoms with Crippen LogP contribution in [0.4, 0.5) is 5.69 Å². The number of fused-ring (bicyclic) bond motifs is 1. The molecule has 148 valence electrons. The van der Waals surface area contributed by atoms with E-state index in [9.17, 15) is 13.2 Å². The molecule has 1 saturated heterocycles. The number of hydrogen-bond acceptors (Lipinski definition) is 3. The van der Waals surface area contributed by atoms with Gasteiger partial charge in [0.25, 0.3) is 0 Å². The van der Waals surface area contributed by atoms with E-state index in [-0.39, 0.29) is 5.91 Å². The molecule has 0 spiro atoms. The zero-order valence-electron chi connectivity index (χ0n) is 16.2. The van der Waals surface area contributed by atoms with Gasteiger partial charge in [0.15, 0.2) is 0 Å². The van der Waals surface area contributed by atoms with Crippen LogP contribution in [0.3, 0.4) is 0 Å². The van der Waals surface area contributed by atoms with Crippen molar-refractivity contribution in [3.05, 3.63) is 59.2 Å². The van der Waals surface area contributed by atoms with E-state index in [1.54, 1.807) is 27.4 Å². The summed E-state index contributed by atoms with van der Waals surface area (Å²) in [6.07, 6.45) is 3.99. The number of hydrogen-bond donors (Lipinski definition) is 0. The highest BCUT2D eigenvalue weighted by molar-refractivity contribution is 7.89. The van der Waals surface area contributed by atoms with Gasteiger partial charge in [-0.2, -0.15) is 4.31 Å². The SMILES string of the molecule is Cc1ccccc1CC(=O)N1CCc2cc(S(=O)(=O)N3CCCCC3)ccc21. The van der Waals surface area contributed by atoms with Crippen LogP contribution in [0.15, 0.2) is 47.4 Å². The van der Waals surface area contributed by atoms with E-state index in [1.165, 1.54) is 0 Å². The van der Waals surface area contributed by atoms with Crippen molar-refractivity contribution in [3.63, 3.8) is 0 Å². The Balaban J connectivity index is 1.55. The molecule has 0 saturated carbocycles. The van der Waals surface area contributed by atoms with E-state index in [4.69, 9.17) is 0 Å². The molecule has 5 nitrogen and oxygen atoms in total. The molecule has 0 unspecified atom stereocenters. The number of benzene rings is 2. The molecule has 2 aliphatic rings. The highest BCUT2D eigenvalue weighted by atomic mass is 32.2. The zero-order chi connectivity index (χ0) is 19.7. The molecular weight excluding hydrogens is 372 g/mol. The molecule has 4 rings (SSSR count). The third kappa shape index (κ3) is 3.59. The second-order valence-corrected chi connectivity index (χ2v) is 9.59. The predicted molar refractivity (Wildman–Crippen MR) is 110 cm³/mol. The number of anilines is 1. The lowest BCUT2D eigenvalue weighted by Crippen LogP contribution is -2.35. The van der Waals surface area contributed by atoms with E-state index < -0.39 is 10.0 Å². The average molecular weight is 399 g/mol. The Labute approximate surface area is 167 Å². The van der Waals surface area contributed by atoms with Crippen LogP contribution < -0.4 is 4.90 Å². The molecule has 0 bridgehead atoms. The van der Waals surface area contributed by atoms with Gasteiger partial charge in [0.2, 0.25) is 15.9 Å². The molecule has 0 atom stereocenters. The molecule has 1 amide bonds. The van der Waals surface area contributed by atoms with Crippen molar-refractivity contribution in [2.75, 3.05) is 24.5 Å². The fourth-order valence-electron chi connectivity index (χ4n) is 4.12. The van der Waals surface area contributed by atoms with Gasteiger partial charge in [0.05, 0.1) is 11.3 Å². The van der Waals surface area contributed by atoms with Gasteiger partial charge in [-0.3, -0.25) is 4.79 Å². The normalized spacial score (nSPS) is 17.5. The van der Waals surface area contributed by atoms with Crippen molar-refractivity contribution in [1.82, 2.24) is 4.31 Å². The molecule has 2 aliphatic heterocycles. The topological polar surface area (TPSA) is 57.7 Å². The molecule has 0 aromatic heterocycles. The lowest BCUT2D eigenvalue weighted by Gasteiger charge is -2.26. The Morgan fingerprint density at radius 2 is 1.75 bits per heavy atom. The van der Waals surface area contributed by atoms with E-state index in [1.807, 2.05) is 31.2 Å². The summed E-state index contributed by atoms with van der Waals surface area (Å²) in [6, 6.07) is 13.1. The van der Waals surface area contributed by atoms with Gasteiger partial charge in [-0.15, -0.1) is 0 Å². The number of piperidine rings is 1. The number of aryl methyl sites for hydroxylation is 1. The van der Waals surface area contributed by atoms with Gasteiger partial charge < -0.3 is 4.90 Å². The Morgan fingerprint density at radius 1 is 1.00 bits per heavy atom. The van der Waals surface area contributed by atoms with Crippen molar-refractivity contribution in [2.24, 2.45) is 0 Å². The smallest absolute Gasteiger partial charge is 0.243 e.